The maximum atomic E-state index is 12.8. The Kier molecular flexibility index (Phi) is 5.32. The van der Waals surface area contributed by atoms with E-state index in [1.165, 1.54) is 0 Å². The average Bonchev–Trinajstić information content (AvgIpc) is 3.04. The van der Waals surface area contributed by atoms with Gasteiger partial charge in [0.2, 0.25) is 0 Å². The summed E-state index contributed by atoms with van der Waals surface area (Å²) in [4.78, 5) is 11.7. The van der Waals surface area contributed by atoms with Crippen LogP contribution in [0.25, 0.3) is 0 Å². The second-order valence-corrected chi connectivity index (χ2v) is 8.22. The molecule has 0 radical (unpaired) electrons. The number of esters is 1. The van der Waals surface area contributed by atoms with Crippen LogP contribution in [0.15, 0.2) is 12.2 Å². The number of alkyl halides is 3. The minimum atomic E-state index is -4.74. The molecule has 2 saturated carbocycles. The van der Waals surface area contributed by atoms with E-state index in [1.54, 1.807) is 20.8 Å². The highest BCUT2D eigenvalue weighted by Gasteiger charge is 2.55. The van der Waals surface area contributed by atoms with Gasteiger partial charge < -0.3 is 14.6 Å². The number of carbonyl (C=O) groups excluding carboxylic acids is 1. The highest BCUT2D eigenvalue weighted by atomic mass is 19.4. The van der Waals surface area contributed by atoms with Gasteiger partial charge in [-0.2, -0.15) is 13.2 Å². The molecular formula is C18H27F3O4. The van der Waals surface area contributed by atoms with Crippen LogP contribution in [-0.4, -0.2) is 41.2 Å². The van der Waals surface area contributed by atoms with Gasteiger partial charge in [-0.3, -0.25) is 0 Å². The van der Waals surface area contributed by atoms with E-state index in [1.807, 2.05) is 0 Å². The van der Waals surface area contributed by atoms with Gasteiger partial charge in [-0.1, -0.05) is 6.58 Å². The molecular weight excluding hydrogens is 337 g/mol. The molecule has 2 fully saturated rings. The molecule has 1 N–H and O–H groups in total. The van der Waals surface area contributed by atoms with Crippen LogP contribution in [0.1, 0.15) is 47.0 Å². The van der Waals surface area contributed by atoms with Crippen molar-refractivity contribution in [3.05, 3.63) is 12.2 Å². The molecule has 2 aliphatic rings. The second-order valence-electron chi connectivity index (χ2n) is 8.22. The van der Waals surface area contributed by atoms with Gasteiger partial charge in [-0.05, 0) is 64.7 Å². The molecule has 0 aromatic rings. The summed E-state index contributed by atoms with van der Waals surface area (Å²) in [7, 11) is 0. The van der Waals surface area contributed by atoms with Crippen molar-refractivity contribution >= 4 is 5.97 Å². The van der Waals surface area contributed by atoms with Crippen LogP contribution in [0.2, 0.25) is 0 Å². The number of ether oxygens (including phenoxy) is 2. The number of hydrogen-bond donors (Lipinski definition) is 1. The normalized spacial score (nSPS) is 31.7. The molecule has 7 heteroatoms. The van der Waals surface area contributed by atoms with Crippen LogP contribution >= 0.6 is 0 Å². The van der Waals surface area contributed by atoms with Gasteiger partial charge in [-0.25, -0.2) is 4.79 Å². The first kappa shape index (κ1) is 20.2. The number of carbonyl (C=O) groups is 1. The minimum absolute atomic E-state index is 0.0707. The van der Waals surface area contributed by atoms with Crippen LogP contribution < -0.4 is 0 Å². The summed E-state index contributed by atoms with van der Waals surface area (Å²) in [5.41, 5.74) is -3.31. The van der Waals surface area contributed by atoms with Crippen molar-refractivity contribution < 1.29 is 32.5 Å². The van der Waals surface area contributed by atoms with Gasteiger partial charge in [0.05, 0.1) is 12.2 Å². The standard InChI is InChI=1S/C18H27F3O4/c1-10(2)15(22)25-14-8-11-6-12(14)7-13(11)16(3,4)24-9-17(5,23)18(19,20)21/h11-14,23H,1,6-9H2,2-5H3. The van der Waals surface area contributed by atoms with Crippen LogP contribution in [0.5, 0.6) is 0 Å². The van der Waals surface area contributed by atoms with Crippen molar-refractivity contribution in [2.45, 2.75) is 70.4 Å². The van der Waals surface area contributed by atoms with E-state index in [4.69, 9.17) is 9.47 Å². The van der Waals surface area contributed by atoms with E-state index < -0.39 is 30.0 Å². The fraction of sp³-hybridized carbons (Fsp3) is 0.833. The summed E-state index contributed by atoms with van der Waals surface area (Å²) in [5.74, 6) is 0.107. The molecule has 0 aromatic carbocycles. The van der Waals surface area contributed by atoms with E-state index in [9.17, 15) is 23.1 Å². The lowest BCUT2D eigenvalue weighted by atomic mass is 9.77. The molecule has 2 rings (SSSR count). The van der Waals surface area contributed by atoms with E-state index in [-0.39, 0.29) is 23.9 Å². The molecule has 0 heterocycles. The lowest BCUT2D eigenvalue weighted by Crippen LogP contribution is -2.50. The van der Waals surface area contributed by atoms with Crippen LogP contribution in [0.3, 0.4) is 0 Å². The van der Waals surface area contributed by atoms with E-state index >= 15 is 0 Å². The van der Waals surface area contributed by atoms with Gasteiger partial charge in [0, 0.05) is 5.57 Å². The zero-order valence-electron chi connectivity index (χ0n) is 15.2. The van der Waals surface area contributed by atoms with Crippen molar-refractivity contribution in [1.82, 2.24) is 0 Å². The molecule has 5 unspecified atom stereocenters. The fourth-order valence-electron chi connectivity index (χ4n) is 3.97. The van der Waals surface area contributed by atoms with Crippen molar-refractivity contribution in [3.63, 3.8) is 0 Å². The number of fused-ring (bicyclic) bond motifs is 2. The summed E-state index contributed by atoms with van der Waals surface area (Å²) in [6.07, 6.45) is -2.59. The van der Waals surface area contributed by atoms with Crippen molar-refractivity contribution in [2.24, 2.45) is 17.8 Å². The topological polar surface area (TPSA) is 55.8 Å². The van der Waals surface area contributed by atoms with E-state index in [0.29, 0.717) is 12.0 Å². The van der Waals surface area contributed by atoms with Crippen LogP contribution in [0.4, 0.5) is 13.2 Å². The van der Waals surface area contributed by atoms with Gasteiger partial charge in [0.25, 0.3) is 0 Å². The molecule has 4 nitrogen and oxygen atoms in total. The predicted molar refractivity (Wildman–Crippen MR) is 85.7 cm³/mol. The van der Waals surface area contributed by atoms with E-state index in [2.05, 4.69) is 6.58 Å². The molecule has 25 heavy (non-hydrogen) atoms. The predicted octanol–water partition coefficient (Wildman–Crippen LogP) is 3.63. The maximum absolute atomic E-state index is 12.8. The van der Waals surface area contributed by atoms with Gasteiger partial charge >= 0.3 is 12.1 Å². The smallest absolute Gasteiger partial charge is 0.419 e. The average molecular weight is 364 g/mol. The quantitative estimate of drug-likeness (QED) is 0.578. The second kappa shape index (κ2) is 6.58. The third kappa shape index (κ3) is 4.19. The monoisotopic (exact) mass is 364 g/mol. The first-order valence-electron chi connectivity index (χ1n) is 8.54. The maximum Gasteiger partial charge on any atom is 0.419 e. The first-order valence-corrected chi connectivity index (χ1v) is 8.54. The lowest BCUT2D eigenvalue weighted by Gasteiger charge is -2.40. The Morgan fingerprint density at radius 3 is 2.20 bits per heavy atom. The largest absolute Gasteiger partial charge is 0.459 e. The Balaban J connectivity index is 1.94. The Labute approximate surface area is 146 Å². The molecule has 0 aromatic heterocycles. The zero-order valence-corrected chi connectivity index (χ0v) is 15.2. The Hall–Kier alpha value is -1.08. The number of aliphatic hydroxyl groups is 1. The third-order valence-corrected chi connectivity index (χ3v) is 5.63. The summed E-state index contributed by atoms with van der Waals surface area (Å²) in [6, 6.07) is 0. The Bertz CT molecular complexity index is 539. The van der Waals surface area contributed by atoms with Gasteiger partial charge in [-0.15, -0.1) is 0 Å². The Morgan fingerprint density at radius 2 is 1.76 bits per heavy atom. The van der Waals surface area contributed by atoms with Crippen LogP contribution in [0, 0.1) is 17.8 Å². The zero-order chi connectivity index (χ0) is 19.2. The summed E-state index contributed by atoms with van der Waals surface area (Å²) < 4.78 is 49.3. The van der Waals surface area contributed by atoms with Crippen molar-refractivity contribution in [3.8, 4) is 0 Å². The van der Waals surface area contributed by atoms with Gasteiger partial charge in [0.15, 0.2) is 5.60 Å². The molecule has 0 saturated heterocycles. The lowest BCUT2D eigenvalue weighted by molar-refractivity contribution is -0.278. The molecule has 5 atom stereocenters. The van der Waals surface area contributed by atoms with E-state index in [0.717, 1.165) is 19.8 Å². The number of halogens is 3. The summed E-state index contributed by atoms with van der Waals surface area (Å²) >= 11 is 0. The van der Waals surface area contributed by atoms with Crippen molar-refractivity contribution in [2.75, 3.05) is 6.61 Å². The van der Waals surface area contributed by atoms with Gasteiger partial charge in [0.1, 0.15) is 6.10 Å². The highest BCUT2D eigenvalue weighted by Crippen LogP contribution is 2.54. The molecule has 2 bridgehead atoms. The molecule has 2 aliphatic carbocycles. The fourth-order valence-corrected chi connectivity index (χ4v) is 3.97. The number of hydrogen-bond acceptors (Lipinski definition) is 4. The molecule has 0 spiro atoms. The summed E-state index contributed by atoms with van der Waals surface area (Å²) in [6.45, 7) is 8.62. The SMILES string of the molecule is C=C(C)C(=O)OC1CC2CC1CC2C(C)(C)OCC(C)(O)C(F)(F)F. The minimum Gasteiger partial charge on any atom is -0.459 e. The highest BCUT2D eigenvalue weighted by molar-refractivity contribution is 5.87. The summed E-state index contributed by atoms with van der Waals surface area (Å²) in [5, 5.41) is 9.57. The molecule has 0 amide bonds. The van der Waals surface area contributed by atoms with Crippen LogP contribution in [-0.2, 0) is 14.3 Å². The number of rotatable bonds is 6. The Morgan fingerprint density at radius 1 is 1.16 bits per heavy atom. The first-order chi connectivity index (χ1) is 11.2. The molecule has 144 valence electrons. The van der Waals surface area contributed by atoms with Crippen molar-refractivity contribution in [1.29, 1.82) is 0 Å². The third-order valence-electron chi connectivity index (χ3n) is 5.63. The molecule has 0 aliphatic heterocycles.